The fourth-order valence-corrected chi connectivity index (χ4v) is 0.903. The molecule has 0 saturated heterocycles. The maximum atomic E-state index is 10.6. The Morgan fingerprint density at radius 2 is 2.15 bits per heavy atom. The number of hydrogen-bond donors (Lipinski definition) is 0. The van der Waals surface area contributed by atoms with E-state index in [1.165, 1.54) is 0 Å². The maximum absolute atomic E-state index is 10.6. The predicted octanol–water partition coefficient (Wildman–Crippen LogP) is 2.80. The highest BCUT2D eigenvalue weighted by Gasteiger charge is 1.97. The van der Waals surface area contributed by atoms with Gasteiger partial charge >= 0.3 is 0 Å². The van der Waals surface area contributed by atoms with Gasteiger partial charge in [-0.05, 0) is 24.6 Å². The zero-order valence-corrected chi connectivity index (χ0v) is 7.57. The first-order chi connectivity index (χ1) is 6.38. The first kappa shape index (κ1) is 9.52. The molecule has 0 aliphatic heterocycles. The van der Waals surface area contributed by atoms with Crippen LogP contribution in [0.3, 0.4) is 0 Å². The third-order valence-electron chi connectivity index (χ3n) is 1.57. The minimum Gasteiger partial charge on any atom is -0.465 e. The highest BCUT2D eigenvalue weighted by atomic mass is 16.5. The molecule has 0 fully saturated rings. The van der Waals surface area contributed by atoms with Crippen molar-refractivity contribution in [2.24, 2.45) is 0 Å². The Morgan fingerprint density at radius 3 is 2.85 bits per heavy atom. The molecule has 13 heavy (non-hydrogen) atoms. The van der Waals surface area contributed by atoms with Crippen molar-refractivity contribution in [2.75, 3.05) is 0 Å². The van der Waals surface area contributed by atoms with Crippen molar-refractivity contribution in [3.63, 3.8) is 0 Å². The third-order valence-corrected chi connectivity index (χ3v) is 1.57. The number of carbonyl (C=O) groups is 1. The lowest BCUT2D eigenvalue weighted by Gasteiger charge is -2.01. The second-order valence-electron chi connectivity index (χ2n) is 2.55. The van der Waals surface area contributed by atoms with Gasteiger partial charge in [-0.15, -0.1) is 0 Å². The van der Waals surface area contributed by atoms with E-state index in [0.29, 0.717) is 11.3 Å². The van der Waals surface area contributed by atoms with Crippen LogP contribution < -0.4 is 4.74 Å². The molecule has 2 nitrogen and oxygen atoms in total. The average molecular weight is 176 g/mol. The van der Waals surface area contributed by atoms with Gasteiger partial charge in [0.25, 0.3) is 0 Å². The van der Waals surface area contributed by atoms with Crippen molar-refractivity contribution < 1.29 is 9.53 Å². The molecule has 0 bridgehead atoms. The number of carbonyl (C=O) groups excluding carboxylic acids is 1. The van der Waals surface area contributed by atoms with Gasteiger partial charge < -0.3 is 4.74 Å². The molecule has 0 heterocycles. The van der Waals surface area contributed by atoms with E-state index >= 15 is 0 Å². The zero-order chi connectivity index (χ0) is 9.52. The van der Waals surface area contributed by atoms with E-state index < -0.39 is 0 Å². The van der Waals surface area contributed by atoms with E-state index in [9.17, 15) is 4.79 Å². The maximum Gasteiger partial charge on any atom is 0.153 e. The lowest BCUT2D eigenvalue weighted by Crippen LogP contribution is -1.88. The van der Waals surface area contributed by atoms with Crippen molar-refractivity contribution in [3.05, 3.63) is 42.2 Å². The van der Waals surface area contributed by atoms with Crippen LogP contribution in [0.25, 0.3) is 0 Å². The number of benzene rings is 1. The number of aldehydes is 1. The molecule has 1 aromatic rings. The largest absolute Gasteiger partial charge is 0.465 e. The zero-order valence-electron chi connectivity index (χ0n) is 7.57. The normalized spacial score (nSPS) is 10.2. The summed E-state index contributed by atoms with van der Waals surface area (Å²) in [4.78, 5) is 10.6. The summed E-state index contributed by atoms with van der Waals surface area (Å²) in [6.45, 7) is 2.02. The van der Waals surface area contributed by atoms with E-state index in [2.05, 4.69) is 0 Å². The Labute approximate surface area is 77.8 Å². The second kappa shape index (κ2) is 5.14. The first-order valence-electron chi connectivity index (χ1n) is 4.24. The van der Waals surface area contributed by atoms with Gasteiger partial charge in [-0.2, -0.15) is 0 Å². The Bertz CT molecular complexity index is 303. The molecule has 1 aromatic carbocycles. The molecule has 0 aromatic heterocycles. The lowest BCUT2D eigenvalue weighted by atomic mass is 10.2. The molecule has 0 radical (unpaired) electrons. The number of para-hydroxylation sites is 1. The summed E-state index contributed by atoms with van der Waals surface area (Å²) in [5, 5.41) is 0. The van der Waals surface area contributed by atoms with Crippen LogP contribution in [0.15, 0.2) is 36.6 Å². The number of hydrogen-bond acceptors (Lipinski definition) is 2. The van der Waals surface area contributed by atoms with Gasteiger partial charge in [0.15, 0.2) is 6.29 Å². The van der Waals surface area contributed by atoms with E-state index in [4.69, 9.17) is 4.74 Å². The van der Waals surface area contributed by atoms with Gasteiger partial charge in [-0.25, -0.2) is 0 Å². The van der Waals surface area contributed by atoms with E-state index in [1.807, 2.05) is 19.1 Å². The molecular weight excluding hydrogens is 164 g/mol. The monoisotopic (exact) mass is 176 g/mol. The van der Waals surface area contributed by atoms with Crippen LogP contribution in [0.2, 0.25) is 0 Å². The second-order valence-corrected chi connectivity index (χ2v) is 2.55. The minimum absolute atomic E-state index is 0.572. The van der Waals surface area contributed by atoms with Gasteiger partial charge in [0.1, 0.15) is 5.75 Å². The van der Waals surface area contributed by atoms with Crippen LogP contribution >= 0.6 is 0 Å². The van der Waals surface area contributed by atoms with E-state index in [-0.39, 0.29) is 0 Å². The molecule has 2 heteroatoms. The number of allylic oxidation sites excluding steroid dienone is 1. The van der Waals surface area contributed by atoms with Gasteiger partial charge in [0.2, 0.25) is 0 Å². The Kier molecular flexibility index (Phi) is 3.76. The van der Waals surface area contributed by atoms with Crippen LogP contribution in [0, 0.1) is 0 Å². The van der Waals surface area contributed by atoms with E-state index in [0.717, 1.165) is 12.7 Å². The third kappa shape index (κ3) is 2.75. The molecule has 1 rings (SSSR count). The summed E-state index contributed by atoms with van der Waals surface area (Å²) in [6.07, 6.45) is 5.20. The summed E-state index contributed by atoms with van der Waals surface area (Å²) in [7, 11) is 0. The minimum atomic E-state index is 0.572. The van der Waals surface area contributed by atoms with Crippen LogP contribution in [0.1, 0.15) is 23.7 Å². The van der Waals surface area contributed by atoms with Gasteiger partial charge in [-0.1, -0.05) is 19.1 Å². The first-order valence-corrected chi connectivity index (χ1v) is 4.24. The van der Waals surface area contributed by atoms with Crippen LogP contribution in [-0.2, 0) is 0 Å². The van der Waals surface area contributed by atoms with Crippen molar-refractivity contribution >= 4 is 6.29 Å². The Hall–Kier alpha value is -1.57. The van der Waals surface area contributed by atoms with Crippen LogP contribution in [-0.4, -0.2) is 6.29 Å². The Morgan fingerprint density at radius 1 is 1.38 bits per heavy atom. The standard InChI is InChI=1S/C11H12O2/c1-2-3-8-13-11-7-5-4-6-10(11)9-12/h3-9H,2H2,1H3. The predicted molar refractivity (Wildman–Crippen MR) is 51.9 cm³/mol. The quantitative estimate of drug-likeness (QED) is 0.521. The fourth-order valence-electron chi connectivity index (χ4n) is 0.903. The van der Waals surface area contributed by atoms with Crippen molar-refractivity contribution in [1.82, 2.24) is 0 Å². The molecule has 0 atom stereocenters. The van der Waals surface area contributed by atoms with Crippen LogP contribution in [0.5, 0.6) is 5.75 Å². The molecule has 0 spiro atoms. The van der Waals surface area contributed by atoms with Crippen LogP contribution in [0.4, 0.5) is 0 Å². The highest BCUT2D eigenvalue weighted by molar-refractivity contribution is 5.79. The number of rotatable bonds is 4. The molecule has 0 N–H and O–H groups in total. The topological polar surface area (TPSA) is 26.3 Å². The Balaban J connectivity index is 2.75. The molecule has 0 aliphatic carbocycles. The van der Waals surface area contributed by atoms with Gasteiger partial charge in [0.05, 0.1) is 11.8 Å². The summed E-state index contributed by atoms with van der Waals surface area (Å²) < 4.78 is 5.26. The van der Waals surface area contributed by atoms with Gasteiger partial charge in [0, 0.05) is 0 Å². The highest BCUT2D eigenvalue weighted by Crippen LogP contribution is 2.15. The SMILES string of the molecule is CCC=COc1ccccc1C=O. The molecule has 0 amide bonds. The molecule has 0 unspecified atom stereocenters. The summed E-state index contributed by atoms with van der Waals surface area (Å²) in [6, 6.07) is 7.13. The number of ether oxygens (including phenoxy) is 1. The van der Waals surface area contributed by atoms with E-state index in [1.54, 1.807) is 24.5 Å². The summed E-state index contributed by atoms with van der Waals surface area (Å²) in [5.41, 5.74) is 0.572. The summed E-state index contributed by atoms with van der Waals surface area (Å²) >= 11 is 0. The average Bonchev–Trinajstić information content (AvgIpc) is 2.19. The molecular formula is C11H12O2. The smallest absolute Gasteiger partial charge is 0.153 e. The fraction of sp³-hybridized carbons (Fsp3) is 0.182. The lowest BCUT2D eigenvalue weighted by molar-refractivity contribution is 0.112. The molecule has 0 aliphatic rings. The molecule has 0 saturated carbocycles. The van der Waals surface area contributed by atoms with Crippen molar-refractivity contribution in [2.45, 2.75) is 13.3 Å². The van der Waals surface area contributed by atoms with Crippen molar-refractivity contribution in [3.8, 4) is 5.75 Å². The van der Waals surface area contributed by atoms with Gasteiger partial charge in [-0.3, -0.25) is 4.79 Å². The van der Waals surface area contributed by atoms with Crippen molar-refractivity contribution in [1.29, 1.82) is 0 Å². The molecule has 68 valence electrons. The summed E-state index contributed by atoms with van der Waals surface area (Å²) in [5.74, 6) is 0.599.